The molecule has 4 aromatic rings. The summed E-state index contributed by atoms with van der Waals surface area (Å²) in [5, 5.41) is 18.1. The molecule has 4 heterocycles. The van der Waals surface area contributed by atoms with Crippen LogP contribution in [0.2, 0.25) is 0 Å². The van der Waals surface area contributed by atoms with E-state index in [1.54, 1.807) is 10.9 Å². The maximum atomic E-state index is 12.0. The van der Waals surface area contributed by atoms with Crippen LogP contribution in [0.25, 0.3) is 10.9 Å². The number of carboxylic acid groups (broad SMARTS) is 1. The van der Waals surface area contributed by atoms with E-state index < -0.39 is 21.8 Å². The van der Waals surface area contributed by atoms with Gasteiger partial charge < -0.3 is 15.2 Å². The molecule has 1 aliphatic rings. The number of fused-ring (bicyclic) bond motifs is 2. The van der Waals surface area contributed by atoms with Crippen LogP contribution in [0.5, 0.6) is 5.75 Å². The summed E-state index contributed by atoms with van der Waals surface area (Å²) in [7, 11) is -3.50. The number of hydrogen-bond donors (Lipinski definition) is 2. The van der Waals surface area contributed by atoms with E-state index in [0.29, 0.717) is 29.9 Å². The topological polar surface area (TPSA) is 136 Å². The molecule has 0 aliphatic carbocycles. The average molecular weight is 522 g/mol. The van der Waals surface area contributed by atoms with Crippen LogP contribution >= 0.6 is 0 Å². The highest BCUT2D eigenvalue weighted by molar-refractivity contribution is 7.90. The zero-order valence-electron chi connectivity index (χ0n) is 20.3. The van der Waals surface area contributed by atoms with Crippen molar-refractivity contribution in [3.8, 4) is 5.75 Å². The molecule has 0 saturated heterocycles. The molecule has 0 amide bonds. The Labute approximate surface area is 214 Å². The molecule has 0 spiro atoms. The Morgan fingerprint density at radius 1 is 1.19 bits per heavy atom. The molecule has 11 heteroatoms. The Hall–Kier alpha value is -3.99. The number of aryl methyl sites for hydroxylation is 1. The van der Waals surface area contributed by atoms with Gasteiger partial charge in [0.2, 0.25) is 0 Å². The fourth-order valence-electron chi connectivity index (χ4n) is 4.48. The molecule has 0 unspecified atom stereocenters. The van der Waals surface area contributed by atoms with Crippen LogP contribution in [0, 0.1) is 0 Å². The van der Waals surface area contributed by atoms with Crippen LogP contribution < -0.4 is 10.1 Å². The molecule has 10 nitrogen and oxygen atoms in total. The van der Waals surface area contributed by atoms with Gasteiger partial charge in [-0.2, -0.15) is 5.10 Å². The van der Waals surface area contributed by atoms with Gasteiger partial charge in [-0.3, -0.25) is 14.5 Å². The van der Waals surface area contributed by atoms with Crippen molar-refractivity contribution in [3.05, 3.63) is 71.8 Å². The summed E-state index contributed by atoms with van der Waals surface area (Å²) >= 11 is 0. The summed E-state index contributed by atoms with van der Waals surface area (Å²) in [5.41, 5.74) is 3.36. The number of nitrogens with one attached hydrogen (secondary N) is 1. The van der Waals surface area contributed by atoms with Crippen LogP contribution in [0.1, 0.15) is 35.7 Å². The highest BCUT2D eigenvalue weighted by Gasteiger charge is 2.23. The number of aliphatic carboxylic acids is 1. The first-order valence-electron chi connectivity index (χ1n) is 12.0. The first-order chi connectivity index (χ1) is 17.8. The minimum Gasteiger partial charge on any atom is -0.493 e. The van der Waals surface area contributed by atoms with Crippen molar-refractivity contribution in [1.29, 1.82) is 0 Å². The van der Waals surface area contributed by atoms with Crippen LogP contribution in [0.4, 0.5) is 5.82 Å². The van der Waals surface area contributed by atoms with Gasteiger partial charge in [0.05, 0.1) is 35.7 Å². The molecule has 0 saturated carbocycles. The Morgan fingerprint density at radius 2 is 2.05 bits per heavy atom. The zero-order valence-corrected chi connectivity index (χ0v) is 21.1. The third-order valence-corrected chi connectivity index (χ3v) is 7.44. The number of aromatic nitrogens is 4. The third-order valence-electron chi connectivity index (χ3n) is 6.36. The second kappa shape index (κ2) is 10.2. The number of ether oxygens (including phenoxy) is 1. The van der Waals surface area contributed by atoms with Gasteiger partial charge in [-0.1, -0.05) is 6.07 Å². The SMILES string of the molecule is CS(=O)(=O)c1cncc([C@@H](CC(=O)O)n2ncc3cc(OCCc4ccc5c(n4)NCCC5)ccc32)c1. The smallest absolute Gasteiger partial charge is 0.305 e. The summed E-state index contributed by atoms with van der Waals surface area (Å²) < 4.78 is 31.6. The molecule has 192 valence electrons. The molecular formula is C26H27N5O5S. The molecule has 0 fully saturated rings. The van der Waals surface area contributed by atoms with E-state index in [-0.39, 0.29) is 11.3 Å². The number of sulfone groups is 1. The lowest BCUT2D eigenvalue weighted by Crippen LogP contribution is -2.17. The lowest BCUT2D eigenvalue weighted by molar-refractivity contribution is -0.137. The standard InChI is InChI=1S/C26H27N5O5S/c1-37(34,35)22-12-19(14-27-16-22)24(13-25(32)33)31-23-7-6-21(11-18(23)15-29-31)36-10-8-20-5-4-17-3-2-9-28-26(17)30-20/h4-7,11-12,14-16,24H,2-3,8-10,13H2,1H3,(H,28,30)(H,32,33)/t24-/m1/s1. The number of pyridine rings is 2. The first kappa shape index (κ1) is 24.7. The molecular weight excluding hydrogens is 494 g/mol. The minimum absolute atomic E-state index is 0.0248. The summed E-state index contributed by atoms with van der Waals surface area (Å²) in [5.74, 6) is 0.591. The van der Waals surface area contributed by atoms with Gasteiger partial charge >= 0.3 is 5.97 Å². The second-order valence-electron chi connectivity index (χ2n) is 9.09. The predicted octanol–water partition coefficient (Wildman–Crippen LogP) is 3.27. The fraction of sp³-hybridized carbons (Fsp3) is 0.308. The lowest BCUT2D eigenvalue weighted by atomic mass is 10.1. The summed E-state index contributed by atoms with van der Waals surface area (Å²) in [4.78, 5) is 20.4. The van der Waals surface area contributed by atoms with Gasteiger partial charge in [-0.15, -0.1) is 0 Å². The summed E-state index contributed by atoms with van der Waals surface area (Å²) in [6.07, 6.45) is 7.99. The maximum absolute atomic E-state index is 12.0. The fourth-order valence-corrected chi connectivity index (χ4v) is 5.08. The average Bonchev–Trinajstić information content (AvgIpc) is 3.30. The zero-order chi connectivity index (χ0) is 26.0. The van der Waals surface area contributed by atoms with Crippen molar-refractivity contribution in [2.75, 3.05) is 24.7 Å². The molecule has 1 aliphatic heterocycles. The normalized spacial score (nSPS) is 14.1. The maximum Gasteiger partial charge on any atom is 0.305 e. The molecule has 0 bridgehead atoms. The summed E-state index contributed by atoms with van der Waals surface area (Å²) in [6.45, 7) is 1.40. The van der Waals surface area contributed by atoms with Gasteiger partial charge in [0.1, 0.15) is 11.6 Å². The van der Waals surface area contributed by atoms with E-state index in [2.05, 4.69) is 21.5 Å². The van der Waals surface area contributed by atoms with E-state index >= 15 is 0 Å². The number of anilines is 1. The molecule has 0 radical (unpaired) electrons. The first-order valence-corrected chi connectivity index (χ1v) is 13.9. The van der Waals surface area contributed by atoms with Crippen LogP contribution in [-0.2, 0) is 27.5 Å². The van der Waals surface area contributed by atoms with Crippen molar-refractivity contribution in [1.82, 2.24) is 19.7 Å². The van der Waals surface area contributed by atoms with E-state index in [0.717, 1.165) is 42.5 Å². The highest BCUT2D eigenvalue weighted by atomic mass is 32.2. The third kappa shape index (κ3) is 5.56. The summed E-state index contributed by atoms with van der Waals surface area (Å²) in [6, 6.07) is 10.4. The van der Waals surface area contributed by atoms with E-state index in [1.165, 1.54) is 24.0 Å². The Kier molecular flexibility index (Phi) is 6.79. The van der Waals surface area contributed by atoms with Crippen molar-refractivity contribution < 1.29 is 23.1 Å². The number of benzene rings is 1. The number of hydrogen-bond acceptors (Lipinski definition) is 8. The lowest BCUT2D eigenvalue weighted by Gasteiger charge is -2.18. The number of nitrogens with zero attached hydrogens (tertiary/aromatic N) is 4. The monoisotopic (exact) mass is 521 g/mol. The van der Waals surface area contributed by atoms with Gasteiger partial charge in [0.25, 0.3) is 0 Å². The van der Waals surface area contributed by atoms with Gasteiger partial charge in [0.15, 0.2) is 9.84 Å². The molecule has 5 rings (SSSR count). The largest absolute Gasteiger partial charge is 0.493 e. The predicted molar refractivity (Wildman–Crippen MR) is 138 cm³/mol. The number of rotatable bonds is 9. The van der Waals surface area contributed by atoms with Crippen molar-refractivity contribution in [2.45, 2.75) is 36.6 Å². The van der Waals surface area contributed by atoms with E-state index in [4.69, 9.17) is 9.72 Å². The molecule has 3 aromatic heterocycles. The van der Waals surface area contributed by atoms with Gasteiger partial charge in [-0.05, 0) is 54.3 Å². The van der Waals surface area contributed by atoms with Gasteiger partial charge in [0, 0.05) is 42.7 Å². The Morgan fingerprint density at radius 3 is 2.86 bits per heavy atom. The quantitative estimate of drug-likeness (QED) is 0.340. The Balaban J connectivity index is 1.34. The number of carbonyl (C=O) groups is 1. The van der Waals surface area contributed by atoms with Crippen LogP contribution in [0.3, 0.4) is 0 Å². The molecule has 1 aromatic carbocycles. The van der Waals surface area contributed by atoms with Crippen molar-refractivity contribution >= 4 is 32.5 Å². The van der Waals surface area contributed by atoms with E-state index in [1.807, 2.05) is 24.3 Å². The van der Waals surface area contributed by atoms with Crippen LogP contribution in [-0.4, -0.2) is 58.6 Å². The highest BCUT2D eigenvalue weighted by Crippen LogP contribution is 2.29. The minimum atomic E-state index is -3.50. The van der Waals surface area contributed by atoms with Crippen LogP contribution in [0.15, 0.2) is 59.9 Å². The van der Waals surface area contributed by atoms with Crippen molar-refractivity contribution in [2.24, 2.45) is 0 Å². The van der Waals surface area contributed by atoms with Crippen molar-refractivity contribution in [3.63, 3.8) is 0 Å². The molecule has 2 N–H and O–H groups in total. The van der Waals surface area contributed by atoms with E-state index in [9.17, 15) is 18.3 Å². The molecule has 1 atom stereocenters. The Bertz CT molecular complexity index is 1570. The number of carboxylic acids is 1. The van der Waals surface area contributed by atoms with Gasteiger partial charge in [-0.25, -0.2) is 13.4 Å². The second-order valence-corrected chi connectivity index (χ2v) is 11.1. The molecule has 37 heavy (non-hydrogen) atoms.